The average molecular weight is 646 g/mol. The summed E-state index contributed by atoms with van der Waals surface area (Å²) in [6.07, 6.45) is 0.254. The fourth-order valence-electron chi connectivity index (χ4n) is 4.97. The first-order chi connectivity index (χ1) is 21.5. The van der Waals surface area contributed by atoms with Gasteiger partial charge in [-0.3, -0.25) is 13.9 Å². The summed E-state index contributed by atoms with van der Waals surface area (Å²) in [6, 6.07) is 29.3. The van der Waals surface area contributed by atoms with Crippen molar-refractivity contribution in [2.75, 3.05) is 17.4 Å². The first-order valence-corrected chi connectivity index (χ1v) is 16.8. The predicted molar refractivity (Wildman–Crippen MR) is 181 cm³/mol. The van der Waals surface area contributed by atoms with Crippen LogP contribution >= 0.6 is 11.6 Å². The maximum Gasteiger partial charge on any atom is 0.264 e. The van der Waals surface area contributed by atoms with Gasteiger partial charge in [0.2, 0.25) is 11.8 Å². The molecule has 0 fully saturated rings. The van der Waals surface area contributed by atoms with Crippen LogP contribution in [0.3, 0.4) is 0 Å². The van der Waals surface area contributed by atoms with Gasteiger partial charge >= 0.3 is 0 Å². The molecule has 0 saturated carbocycles. The second-order valence-corrected chi connectivity index (χ2v) is 13.8. The van der Waals surface area contributed by atoms with Crippen molar-refractivity contribution in [1.82, 2.24) is 10.2 Å². The number of hydrogen-bond acceptors (Lipinski definition) is 4. The fraction of sp³-hybridized carbons (Fsp3) is 0.278. The average Bonchev–Trinajstić information content (AvgIpc) is 3.03. The second-order valence-electron chi connectivity index (χ2n) is 11.6. The number of amides is 2. The van der Waals surface area contributed by atoms with Crippen molar-refractivity contribution < 1.29 is 18.0 Å². The third-order valence-electron chi connectivity index (χ3n) is 7.55. The van der Waals surface area contributed by atoms with E-state index < -0.39 is 28.5 Å². The normalized spacial score (nSPS) is 12.0. The number of halogens is 1. The number of aryl methyl sites for hydroxylation is 1. The first-order valence-electron chi connectivity index (χ1n) is 15.0. The van der Waals surface area contributed by atoms with E-state index in [9.17, 15) is 18.0 Å². The van der Waals surface area contributed by atoms with E-state index in [1.165, 1.54) is 17.0 Å². The van der Waals surface area contributed by atoms with Gasteiger partial charge in [-0.2, -0.15) is 0 Å². The summed E-state index contributed by atoms with van der Waals surface area (Å²) in [4.78, 5) is 30.0. The number of carbonyl (C=O) groups is 2. The first kappa shape index (κ1) is 33.7. The van der Waals surface area contributed by atoms with Gasteiger partial charge in [0, 0.05) is 24.5 Å². The minimum absolute atomic E-state index is 0.0396. The number of benzene rings is 4. The number of rotatable bonds is 13. The summed E-state index contributed by atoms with van der Waals surface area (Å²) in [5.41, 5.74) is 3.57. The molecule has 0 aliphatic carbocycles. The predicted octanol–water partition coefficient (Wildman–Crippen LogP) is 6.56. The molecule has 45 heavy (non-hydrogen) atoms. The third-order valence-corrected chi connectivity index (χ3v) is 9.73. The van der Waals surface area contributed by atoms with Gasteiger partial charge in [-0.15, -0.1) is 0 Å². The van der Waals surface area contributed by atoms with Crippen LogP contribution in [0, 0.1) is 19.8 Å². The summed E-state index contributed by atoms with van der Waals surface area (Å²) in [5, 5.41) is 3.38. The summed E-state index contributed by atoms with van der Waals surface area (Å²) >= 11 is 6.45. The van der Waals surface area contributed by atoms with E-state index in [1.54, 1.807) is 43.3 Å². The number of nitrogens with zero attached hydrogens (tertiary/aromatic N) is 2. The molecule has 4 aromatic carbocycles. The van der Waals surface area contributed by atoms with Crippen LogP contribution in [0.5, 0.6) is 0 Å². The molecule has 0 heterocycles. The van der Waals surface area contributed by atoms with Crippen molar-refractivity contribution in [3.63, 3.8) is 0 Å². The zero-order valence-corrected chi connectivity index (χ0v) is 27.7. The Labute approximate surface area is 271 Å². The lowest BCUT2D eigenvalue weighted by molar-refractivity contribution is -0.140. The Balaban J connectivity index is 1.82. The molecule has 4 rings (SSSR count). The van der Waals surface area contributed by atoms with Gasteiger partial charge in [-0.05, 0) is 60.7 Å². The quantitative estimate of drug-likeness (QED) is 0.178. The van der Waals surface area contributed by atoms with E-state index in [0.29, 0.717) is 22.8 Å². The molecule has 0 aliphatic rings. The van der Waals surface area contributed by atoms with Crippen LogP contribution in [0.2, 0.25) is 5.02 Å². The Morgan fingerprint density at radius 3 is 2.04 bits per heavy atom. The molecule has 4 aromatic rings. The lowest BCUT2D eigenvalue weighted by Gasteiger charge is -2.34. The van der Waals surface area contributed by atoms with Crippen LogP contribution in [-0.4, -0.2) is 44.3 Å². The molecule has 0 saturated heterocycles. The largest absolute Gasteiger partial charge is 0.354 e. The van der Waals surface area contributed by atoms with Gasteiger partial charge in [0.25, 0.3) is 10.0 Å². The van der Waals surface area contributed by atoms with Gasteiger partial charge in [0.15, 0.2) is 0 Å². The van der Waals surface area contributed by atoms with Crippen molar-refractivity contribution in [3.8, 4) is 0 Å². The molecule has 0 aliphatic heterocycles. The van der Waals surface area contributed by atoms with Gasteiger partial charge < -0.3 is 10.2 Å². The van der Waals surface area contributed by atoms with Gasteiger partial charge in [-0.1, -0.05) is 110 Å². The lowest BCUT2D eigenvalue weighted by atomic mass is 10.0. The standard InChI is InChI=1S/C36H40ClN3O4S/c1-26(2)23-38-36(42)34(22-29-12-7-5-8-13-29)39(24-30-20-18-27(3)19-21-30)35(41)25-40(33-17-11-16-32(37)28(33)4)45(43,44)31-14-9-6-10-15-31/h5-21,26,34H,22-25H2,1-4H3,(H,38,42)/t34-/m0/s1. The Kier molecular flexibility index (Phi) is 11.4. The van der Waals surface area contributed by atoms with Crippen molar-refractivity contribution >= 4 is 39.1 Å². The minimum atomic E-state index is -4.20. The molecule has 0 radical (unpaired) electrons. The van der Waals surface area contributed by atoms with E-state index in [4.69, 9.17) is 11.6 Å². The third kappa shape index (κ3) is 8.74. The SMILES string of the molecule is Cc1ccc(CN(C(=O)CN(c2cccc(Cl)c2C)S(=O)(=O)c2ccccc2)[C@@H](Cc2ccccc2)C(=O)NCC(C)C)cc1. The van der Waals surface area contributed by atoms with Crippen LogP contribution in [0.25, 0.3) is 0 Å². The highest BCUT2D eigenvalue weighted by Crippen LogP contribution is 2.31. The highest BCUT2D eigenvalue weighted by Gasteiger charge is 2.35. The topological polar surface area (TPSA) is 86.8 Å². The Morgan fingerprint density at radius 1 is 0.800 bits per heavy atom. The van der Waals surface area contributed by atoms with E-state index in [0.717, 1.165) is 21.0 Å². The van der Waals surface area contributed by atoms with Gasteiger partial charge in [0.1, 0.15) is 12.6 Å². The number of anilines is 1. The molecule has 1 N–H and O–H groups in total. The van der Waals surface area contributed by atoms with Crippen molar-refractivity contribution in [2.45, 2.75) is 51.6 Å². The summed E-state index contributed by atoms with van der Waals surface area (Å²) < 4.78 is 29.4. The molecule has 7 nitrogen and oxygen atoms in total. The van der Waals surface area contributed by atoms with Crippen LogP contribution in [0.15, 0.2) is 108 Å². The number of nitrogens with one attached hydrogen (secondary N) is 1. The van der Waals surface area contributed by atoms with E-state index in [2.05, 4.69) is 5.32 Å². The molecular weight excluding hydrogens is 606 g/mol. The van der Waals surface area contributed by atoms with Crippen LogP contribution in [-0.2, 0) is 32.6 Å². The van der Waals surface area contributed by atoms with E-state index in [-0.39, 0.29) is 29.7 Å². The maximum atomic E-state index is 14.6. The minimum Gasteiger partial charge on any atom is -0.354 e. The van der Waals surface area contributed by atoms with Gasteiger partial charge in [-0.25, -0.2) is 8.42 Å². The molecule has 0 aromatic heterocycles. The molecule has 1 atom stereocenters. The van der Waals surface area contributed by atoms with Crippen LogP contribution < -0.4 is 9.62 Å². The van der Waals surface area contributed by atoms with E-state index in [1.807, 2.05) is 75.4 Å². The summed E-state index contributed by atoms with van der Waals surface area (Å²) in [5.74, 6) is -0.621. The molecule has 0 spiro atoms. The number of sulfonamides is 1. The van der Waals surface area contributed by atoms with Crippen molar-refractivity contribution in [1.29, 1.82) is 0 Å². The van der Waals surface area contributed by atoms with Crippen molar-refractivity contribution in [2.24, 2.45) is 5.92 Å². The zero-order chi connectivity index (χ0) is 32.6. The van der Waals surface area contributed by atoms with E-state index >= 15 is 0 Å². The number of hydrogen-bond donors (Lipinski definition) is 1. The molecular formula is C36H40ClN3O4S. The summed E-state index contributed by atoms with van der Waals surface area (Å²) in [7, 11) is -4.20. The van der Waals surface area contributed by atoms with Gasteiger partial charge in [0.05, 0.1) is 10.6 Å². The van der Waals surface area contributed by atoms with Crippen LogP contribution in [0.4, 0.5) is 5.69 Å². The van der Waals surface area contributed by atoms with Crippen molar-refractivity contribution in [3.05, 3.63) is 130 Å². The maximum absolute atomic E-state index is 14.6. The summed E-state index contributed by atoms with van der Waals surface area (Å²) in [6.45, 7) is 7.71. The Hall–Kier alpha value is -4.14. The monoisotopic (exact) mass is 645 g/mol. The Morgan fingerprint density at radius 2 is 1.42 bits per heavy atom. The lowest BCUT2D eigenvalue weighted by Crippen LogP contribution is -2.53. The Bertz CT molecular complexity index is 1700. The highest BCUT2D eigenvalue weighted by atomic mass is 35.5. The smallest absolute Gasteiger partial charge is 0.264 e. The molecule has 0 bridgehead atoms. The molecule has 2 amide bonds. The molecule has 236 valence electrons. The fourth-order valence-corrected chi connectivity index (χ4v) is 6.63. The van der Waals surface area contributed by atoms with Crippen LogP contribution in [0.1, 0.15) is 36.1 Å². The molecule has 9 heteroatoms. The second kappa shape index (κ2) is 15.2. The zero-order valence-electron chi connectivity index (χ0n) is 26.1. The molecule has 0 unspecified atom stereocenters. The number of carbonyl (C=O) groups excluding carboxylic acids is 2. The highest BCUT2D eigenvalue weighted by molar-refractivity contribution is 7.92.